The van der Waals surface area contributed by atoms with Crippen molar-refractivity contribution in [1.82, 2.24) is 4.90 Å². The van der Waals surface area contributed by atoms with Crippen molar-refractivity contribution in [1.29, 1.82) is 0 Å². The predicted octanol–water partition coefficient (Wildman–Crippen LogP) is 7.60. The fourth-order valence-electron chi connectivity index (χ4n) is 6.10. The first kappa shape index (κ1) is 32.4. The number of non-ortho nitro benzene ring substituents is 1. The van der Waals surface area contributed by atoms with Crippen molar-refractivity contribution in [3.8, 4) is 0 Å². The van der Waals surface area contributed by atoms with E-state index in [0.717, 1.165) is 12.8 Å². The van der Waals surface area contributed by atoms with Gasteiger partial charge in [-0.1, -0.05) is 55.8 Å². The molecular formula is C32H35Cl2FN4O4. The maximum Gasteiger partial charge on any atom is 0.269 e. The number of fused-ring (bicyclic) bond motifs is 2. The van der Waals surface area contributed by atoms with Crippen molar-refractivity contribution < 1.29 is 18.9 Å². The van der Waals surface area contributed by atoms with Crippen molar-refractivity contribution in [2.45, 2.75) is 39.2 Å². The molecule has 228 valence electrons. The van der Waals surface area contributed by atoms with Crippen LogP contribution in [0.1, 0.15) is 39.2 Å². The van der Waals surface area contributed by atoms with Gasteiger partial charge in [-0.2, -0.15) is 0 Å². The Balaban J connectivity index is 0.00000207. The third-order valence-corrected chi connectivity index (χ3v) is 8.39. The molecule has 43 heavy (non-hydrogen) atoms. The van der Waals surface area contributed by atoms with E-state index in [0.29, 0.717) is 34.4 Å². The van der Waals surface area contributed by atoms with Crippen molar-refractivity contribution in [2.24, 2.45) is 17.8 Å². The molecule has 0 bridgehead atoms. The Morgan fingerprint density at radius 2 is 1.93 bits per heavy atom. The lowest BCUT2D eigenvalue weighted by Gasteiger charge is -2.37. The molecule has 11 heteroatoms. The predicted molar refractivity (Wildman–Crippen MR) is 169 cm³/mol. The van der Waals surface area contributed by atoms with E-state index in [1.54, 1.807) is 25.1 Å². The highest BCUT2D eigenvalue weighted by Crippen LogP contribution is 2.57. The third kappa shape index (κ3) is 6.25. The second-order valence-corrected chi connectivity index (χ2v) is 11.5. The summed E-state index contributed by atoms with van der Waals surface area (Å²) in [6, 6.07) is 10.7. The number of carbonyl (C=O) groups excluding carboxylic acids is 2. The Kier molecular flexibility index (Phi) is 10.1. The molecule has 8 nitrogen and oxygen atoms in total. The highest BCUT2D eigenvalue weighted by Gasteiger charge is 2.66. The highest BCUT2D eigenvalue weighted by atomic mass is 35.5. The molecule has 1 saturated carbocycles. The molecule has 1 N–H and O–H groups in total. The minimum atomic E-state index is -1.48. The van der Waals surface area contributed by atoms with Gasteiger partial charge in [-0.05, 0) is 62.1 Å². The van der Waals surface area contributed by atoms with Gasteiger partial charge >= 0.3 is 0 Å². The van der Waals surface area contributed by atoms with Crippen LogP contribution in [0.2, 0.25) is 5.02 Å². The zero-order valence-electron chi connectivity index (χ0n) is 24.4. The molecule has 1 saturated heterocycles. The fourth-order valence-corrected chi connectivity index (χ4v) is 6.35. The smallest absolute Gasteiger partial charge is 0.269 e. The summed E-state index contributed by atoms with van der Waals surface area (Å²) in [5.74, 6) is -3.21. The molecule has 5 rings (SSSR count). The number of allylic oxidation sites excluding steroid dienone is 4. The molecule has 2 heterocycles. The van der Waals surface area contributed by atoms with E-state index in [1.165, 1.54) is 47.4 Å². The van der Waals surface area contributed by atoms with Crippen LogP contribution in [-0.2, 0) is 15.1 Å². The Morgan fingerprint density at radius 1 is 1.26 bits per heavy atom. The summed E-state index contributed by atoms with van der Waals surface area (Å²) in [5.41, 5.74) is -0.0843. The van der Waals surface area contributed by atoms with Crippen LogP contribution in [-0.4, -0.2) is 41.3 Å². The number of nitro benzene ring substituents is 1. The number of rotatable bonds is 9. The van der Waals surface area contributed by atoms with Gasteiger partial charge in [-0.15, -0.1) is 0 Å². The topological polar surface area (TPSA) is 95.8 Å². The van der Waals surface area contributed by atoms with Crippen molar-refractivity contribution in [3.05, 3.63) is 98.8 Å². The largest absolute Gasteiger partial charge is 0.324 e. The third-order valence-electron chi connectivity index (χ3n) is 8.03. The van der Waals surface area contributed by atoms with E-state index in [4.69, 9.17) is 23.2 Å². The van der Waals surface area contributed by atoms with Gasteiger partial charge in [-0.3, -0.25) is 24.6 Å². The number of benzene rings is 2. The first-order valence-electron chi connectivity index (χ1n) is 14.4. The fraction of sp³-hybridized carbons (Fsp3) is 0.375. The number of anilines is 2. The maximum absolute atomic E-state index is 16.5. The molecule has 2 aliphatic heterocycles. The van der Waals surface area contributed by atoms with Crippen LogP contribution in [0.5, 0.6) is 0 Å². The lowest BCUT2D eigenvalue weighted by atomic mass is 9.74. The van der Waals surface area contributed by atoms with Crippen molar-refractivity contribution >= 4 is 52.1 Å². The molecule has 2 amide bonds. The second-order valence-electron chi connectivity index (χ2n) is 10.6. The molecule has 1 spiro atoms. The summed E-state index contributed by atoms with van der Waals surface area (Å²) < 4.78 is 16.5. The highest BCUT2D eigenvalue weighted by molar-refractivity contribution is 6.31. The summed E-state index contributed by atoms with van der Waals surface area (Å²) >= 11 is 12.1. The van der Waals surface area contributed by atoms with E-state index in [1.807, 2.05) is 18.7 Å². The number of likely N-dealkylation sites (tertiary alicyclic amines) is 1. The molecular weight excluding hydrogens is 594 g/mol. The molecule has 1 aliphatic carbocycles. The number of hydrogen-bond acceptors (Lipinski definition) is 5. The number of halogens is 3. The standard InChI is InChI=1S/C30H29Cl2FN4O4.C2H6/c1-3-36(21-10-12-22(13-11-21)37(40)41)28(38)23-17-35(16-19-7-8-19)30(27(23)25(33)6-4-5-18(2)31)24-14-9-20(32)15-26(24)34-29(30)39;1-2/h4-6,9-15,19,23,27H,2-3,7-8,16-17H2,1H3,(H,34,39);1-2H3/b5-4-,25-6-;/t23-,27?,30-;/m1./s1. The van der Waals surface area contributed by atoms with Crippen molar-refractivity contribution in [3.63, 3.8) is 0 Å². The average molecular weight is 630 g/mol. The Hall–Kier alpha value is -3.53. The normalized spacial score (nSPS) is 23.1. The molecule has 2 fully saturated rings. The molecule has 3 atom stereocenters. The van der Waals surface area contributed by atoms with Gasteiger partial charge in [0.25, 0.3) is 5.69 Å². The zero-order chi connectivity index (χ0) is 31.5. The van der Waals surface area contributed by atoms with Crippen LogP contribution < -0.4 is 10.2 Å². The number of nitrogens with zero attached hydrogens (tertiary/aromatic N) is 3. The van der Waals surface area contributed by atoms with Gasteiger partial charge in [-0.25, -0.2) is 4.39 Å². The number of nitrogens with one attached hydrogen (secondary N) is 1. The van der Waals surface area contributed by atoms with Crippen LogP contribution in [0.4, 0.5) is 21.5 Å². The molecule has 0 radical (unpaired) electrons. The molecule has 0 aromatic heterocycles. The van der Waals surface area contributed by atoms with Gasteiger partial charge < -0.3 is 10.2 Å². The minimum absolute atomic E-state index is 0.106. The zero-order valence-corrected chi connectivity index (χ0v) is 25.9. The maximum atomic E-state index is 16.5. The first-order chi connectivity index (χ1) is 20.6. The first-order valence-corrected chi connectivity index (χ1v) is 15.1. The van der Waals surface area contributed by atoms with Gasteiger partial charge in [0.2, 0.25) is 11.8 Å². The SMILES string of the molecule is C=C(Cl)/C=C\C=C(/F)C1[C@H](C(=O)N(CC)c2ccc([N+](=O)[O-])cc2)CN(CC2CC2)[C@@]12C(=O)Nc1cc(Cl)ccc12.CC. The lowest BCUT2D eigenvalue weighted by Crippen LogP contribution is -2.52. The molecule has 3 aliphatic rings. The number of nitro groups is 1. The number of hydrogen-bond donors (Lipinski definition) is 1. The van der Waals surface area contributed by atoms with Gasteiger partial charge in [0, 0.05) is 58.8 Å². The summed E-state index contributed by atoms with van der Waals surface area (Å²) in [4.78, 5) is 42.4. The van der Waals surface area contributed by atoms with Crippen LogP contribution in [0, 0.1) is 27.9 Å². The Bertz CT molecular complexity index is 1470. The summed E-state index contributed by atoms with van der Waals surface area (Å²) in [6.07, 6.45) is 6.05. The molecule has 1 unspecified atom stereocenters. The monoisotopic (exact) mass is 628 g/mol. The Morgan fingerprint density at radius 3 is 2.51 bits per heavy atom. The minimum Gasteiger partial charge on any atom is -0.324 e. The summed E-state index contributed by atoms with van der Waals surface area (Å²) in [5, 5.41) is 14.7. The van der Waals surface area contributed by atoms with Gasteiger partial charge in [0.15, 0.2) is 0 Å². The lowest BCUT2D eigenvalue weighted by molar-refractivity contribution is -0.384. The second kappa shape index (κ2) is 13.4. The van der Waals surface area contributed by atoms with E-state index in [-0.39, 0.29) is 29.7 Å². The average Bonchev–Trinajstić information content (AvgIpc) is 3.67. The van der Waals surface area contributed by atoms with Crippen LogP contribution >= 0.6 is 23.2 Å². The van der Waals surface area contributed by atoms with Crippen LogP contribution in [0.3, 0.4) is 0 Å². The quantitative estimate of drug-likeness (QED) is 0.175. The van der Waals surface area contributed by atoms with Crippen LogP contribution in [0.25, 0.3) is 0 Å². The van der Waals surface area contributed by atoms with Gasteiger partial charge in [0.1, 0.15) is 11.4 Å². The van der Waals surface area contributed by atoms with E-state index >= 15 is 4.39 Å². The van der Waals surface area contributed by atoms with E-state index in [9.17, 15) is 19.7 Å². The molecule has 2 aromatic rings. The van der Waals surface area contributed by atoms with Crippen molar-refractivity contribution in [2.75, 3.05) is 29.9 Å². The van der Waals surface area contributed by atoms with Gasteiger partial charge in [0.05, 0.1) is 16.8 Å². The summed E-state index contributed by atoms with van der Waals surface area (Å²) in [7, 11) is 0. The molecule has 2 aromatic carbocycles. The van der Waals surface area contributed by atoms with E-state index < -0.39 is 34.0 Å². The van der Waals surface area contributed by atoms with Crippen LogP contribution in [0.15, 0.2) is 78.1 Å². The summed E-state index contributed by atoms with van der Waals surface area (Å²) in [6.45, 7) is 10.3. The Labute approximate surface area is 261 Å². The number of amides is 2. The number of carbonyl (C=O) groups is 2. The van der Waals surface area contributed by atoms with E-state index in [2.05, 4.69) is 11.9 Å².